The molecule has 0 saturated carbocycles. The molecule has 1 aliphatic heterocycles. The smallest absolute Gasteiger partial charge is 0.352 e. The van der Waals surface area contributed by atoms with Gasteiger partial charge in [-0.05, 0) is 50.9 Å². The third kappa shape index (κ3) is 4.63. The molecule has 24 heavy (non-hydrogen) atoms. The van der Waals surface area contributed by atoms with Gasteiger partial charge in [0.1, 0.15) is 0 Å². The molecule has 0 aromatic heterocycles. The van der Waals surface area contributed by atoms with Crippen molar-refractivity contribution in [3.63, 3.8) is 0 Å². The average Bonchev–Trinajstić information content (AvgIpc) is 2.48. The second kappa shape index (κ2) is 7.74. The van der Waals surface area contributed by atoms with Crippen molar-refractivity contribution in [3.05, 3.63) is 35.4 Å². The first-order valence-electron chi connectivity index (χ1n) is 7.82. The Hall–Kier alpha value is -1.27. The Bertz CT molecular complexity index is 575. The van der Waals surface area contributed by atoms with Crippen molar-refractivity contribution in [1.82, 2.24) is 10.6 Å². The fourth-order valence-electron chi connectivity index (χ4n) is 2.79. The molecule has 0 spiro atoms. The van der Waals surface area contributed by atoms with Crippen LogP contribution in [0.2, 0.25) is 0 Å². The minimum Gasteiger partial charge on any atom is -0.352 e. The van der Waals surface area contributed by atoms with Crippen LogP contribution in [0.1, 0.15) is 38.3 Å². The SMILES string of the molecule is CC1CNCCC1NC(=O)C(C)(C)c1cccc(C(F)(F)F)c1.Cl. The van der Waals surface area contributed by atoms with Crippen LogP contribution in [-0.4, -0.2) is 25.0 Å². The van der Waals surface area contributed by atoms with Gasteiger partial charge >= 0.3 is 6.18 Å². The van der Waals surface area contributed by atoms with Gasteiger partial charge in [-0.2, -0.15) is 13.2 Å². The molecule has 0 bridgehead atoms. The predicted octanol–water partition coefficient (Wildman–Crippen LogP) is 3.52. The van der Waals surface area contributed by atoms with E-state index in [1.807, 2.05) is 6.92 Å². The van der Waals surface area contributed by atoms with E-state index in [9.17, 15) is 18.0 Å². The predicted molar refractivity (Wildman–Crippen MR) is 90.3 cm³/mol. The molecule has 1 aromatic carbocycles. The second-order valence-electron chi connectivity index (χ2n) is 6.75. The first kappa shape index (κ1) is 20.8. The molecule has 1 aromatic rings. The standard InChI is InChI=1S/C17H23F3N2O.ClH/c1-11-10-21-8-7-14(11)22-15(23)16(2,3)12-5-4-6-13(9-12)17(18,19)20;/h4-6,9,11,14,21H,7-8,10H2,1-3H3,(H,22,23);1H. The van der Waals surface area contributed by atoms with Gasteiger partial charge < -0.3 is 10.6 Å². The maximum Gasteiger partial charge on any atom is 0.416 e. The Morgan fingerprint density at radius 2 is 1.88 bits per heavy atom. The van der Waals surface area contributed by atoms with Crippen LogP contribution < -0.4 is 10.6 Å². The number of rotatable bonds is 3. The van der Waals surface area contributed by atoms with E-state index in [1.165, 1.54) is 6.07 Å². The number of hydrogen-bond donors (Lipinski definition) is 2. The summed E-state index contributed by atoms with van der Waals surface area (Å²) < 4.78 is 38.6. The van der Waals surface area contributed by atoms with Crippen LogP contribution in [0.5, 0.6) is 0 Å². The lowest BCUT2D eigenvalue weighted by Gasteiger charge is -2.34. The topological polar surface area (TPSA) is 41.1 Å². The minimum absolute atomic E-state index is 0. The van der Waals surface area contributed by atoms with Crippen molar-refractivity contribution in [1.29, 1.82) is 0 Å². The average molecular weight is 365 g/mol. The third-order valence-corrected chi connectivity index (χ3v) is 4.58. The zero-order valence-electron chi connectivity index (χ0n) is 14.0. The van der Waals surface area contributed by atoms with Crippen molar-refractivity contribution < 1.29 is 18.0 Å². The van der Waals surface area contributed by atoms with Gasteiger partial charge in [-0.1, -0.05) is 25.1 Å². The van der Waals surface area contributed by atoms with Crippen LogP contribution in [-0.2, 0) is 16.4 Å². The Balaban J connectivity index is 0.00000288. The van der Waals surface area contributed by atoms with Crippen molar-refractivity contribution in [2.75, 3.05) is 13.1 Å². The molecule has 2 atom stereocenters. The zero-order chi connectivity index (χ0) is 17.3. The summed E-state index contributed by atoms with van der Waals surface area (Å²) in [4.78, 5) is 12.6. The number of nitrogens with one attached hydrogen (secondary N) is 2. The molecule has 3 nitrogen and oxygen atoms in total. The molecule has 2 N–H and O–H groups in total. The number of piperidine rings is 1. The summed E-state index contributed by atoms with van der Waals surface area (Å²) in [6.45, 7) is 7.02. The molecule has 136 valence electrons. The van der Waals surface area contributed by atoms with E-state index >= 15 is 0 Å². The lowest BCUT2D eigenvalue weighted by atomic mass is 9.82. The molecule has 0 radical (unpaired) electrons. The third-order valence-electron chi connectivity index (χ3n) is 4.58. The van der Waals surface area contributed by atoms with Crippen LogP contribution in [0.3, 0.4) is 0 Å². The lowest BCUT2D eigenvalue weighted by Crippen LogP contribution is -2.52. The fourth-order valence-corrected chi connectivity index (χ4v) is 2.79. The fraction of sp³-hybridized carbons (Fsp3) is 0.588. The summed E-state index contributed by atoms with van der Waals surface area (Å²) in [5.41, 5.74) is -1.39. The van der Waals surface area contributed by atoms with Gasteiger partial charge in [-0.15, -0.1) is 12.4 Å². The van der Waals surface area contributed by atoms with E-state index in [2.05, 4.69) is 10.6 Å². The molecule has 1 saturated heterocycles. The monoisotopic (exact) mass is 364 g/mol. The minimum atomic E-state index is -4.41. The maximum atomic E-state index is 12.9. The maximum absolute atomic E-state index is 12.9. The number of carbonyl (C=O) groups is 1. The summed E-state index contributed by atoms with van der Waals surface area (Å²) >= 11 is 0. The molecule has 1 heterocycles. The Labute approximate surface area is 146 Å². The molecule has 1 aliphatic rings. The Morgan fingerprint density at radius 3 is 2.46 bits per heavy atom. The van der Waals surface area contributed by atoms with Gasteiger partial charge in [0.2, 0.25) is 5.91 Å². The number of amides is 1. The van der Waals surface area contributed by atoms with Crippen molar-refractivity contribution >= 4 is 18.3 Å². The van der Waals surface area contributed by atoms with Crippen molar-refractivity contribution in [3.8, 4) is 0 Å². The van der Waals surface area contributed by atoms with E-state index in [-0.39, 0.29) is 24.4 Å². The highest BCUT2D eigenvalue weighted by Crippen LogP contribution is 2.33. The summed E-state index contributed by atoms with van der Waals surface area (Å²) in [5.74, 6) is 0.0561. The van der Waals surface area contributed by atoms with Crippen molar-refractivity contribution in [2.24, 2.45) is 5.92 Å². The molecule has 1 amide bonds. The number of hydrogen-bond acceptors (Lipinski definition) is 2. The first-order chi connectivity index (χ1) is 10.6. The molecule has 1 fully saturated rings. The van der Waals surface area contributed by atoms with Crippen LogP contribution in [0.4, 0.5) is 13.2 Å². The summed E-state index contributed by atoms with van der Waals surface area (Å²) in [6.07, 6.45) is -3.59. The largest absolute Gasteiger partial charge is 0.416 e. The van der Waals surface area contributed by atoms with Crippen LogP contribution in [0.25, 0.3) is 0 Å². The summed E-state index contributed by atoms with van der Waals surface area (Å²) in [5, 5.41) is 6.26. The van der Waals surface area contributed by atoms with E-state index < -0.39 is 17.2 Å². The molecule has 0 aliphatic carbocycles. The van der Waals surface area contributed by atoms with Gasteiger partial charge in [-0.3, -0.25) is 4.79 Å². The van der Waals surface area contributed by atoms with E-state index in [0.717, 1.165) is 31.6 Å². The molecular weight excluding hydrogens is 341 g/mol. The van der Waals surface area contributed by atoms with Gasteiger partial charge in [0.25, 0.3) is 0 Å². The van der Waals surface area contributed by atoms with Crippen LogP contribution in [0, 0.1) is 5.92 Å². The first-order valence-corrected chi connectivity index (χ1v) is 7.82. The molecule has 2 unspecified atom stereocenters. The van der Waals surface area contributed by atoms with Crippen LogP contribution >= 0.6 is 12.4 Å². The van der Waals surface area contributed by atoms with E-state index in [1.54, 1.807) is 19.9 Å². The summed E-state index contributed by atoms with van der Waals surface area (Å²) in [7, 11) is 0. The number of halogens is 4. The Kier molecular flexibility index (Phi) is 6.70. The number of carbonyl (C=O) groups excluding carboxylic acids is 1. The molecular formula is C17H24ClF3N2O. The second-order valence-corrected chi connectivity index (χ2v) is 6.75. The highest BCUT2D eigenvalue weighted by molar-refractivity contribution is 5.87. The van der Waals surface area contributed by atoms with Gasteiger partial charge in [0.15, 0.2) is 0 Å². The Morgan fingerprint density at radius 1 is 1.25 bits per heavy atom. The summed E-state index contributed by atoms with van der Waals surface area (Å²) in [6, 6.07) is 5.05. The van der Waals surface area contributed by atoms with Crippen LogP contribution in [0.15, 0.2) is 24.3 Å². The molecule has 7 heteroatoms. The van der Waals surface area contributed by atoms with Gasteiger partial charge in [0.05, 0.1) is 11.0 Å². The molecule has 2 rings (SSSR count). The number of alkyl halides is 3. The normalized spacial score (nSPS) is 21.8. The van der Waals surface area contributed by atoms with Crippen molar-refractivity contribution in [2.45, 2.75) is 44.8 Å². The number of benzene rings is 1. The highest BCUT2D eigenvalue weighted by Gasteiger charge is 2.36. The highest BCUT2D eigenvalue weighted by atomic mass is 35.5. The van der Waals surface area contributed by atoms with E-state index in [0.29, 0.717) is 11.5 Å². The van der Waals surface area contributed by atoms with E-state index in [4.69, 9.17) is 0 Å². The lowest BCUT2D eigenvalue weighted by molar-refractivity contribution is -0.138. The van der Waals surface area contributed by atoms with Gasteiger partial charge in [-0.25, -0.2) is 0 Å². The zero-order valence-corrected chi connectivity index (χ0v) is 14.9. The quantitative estimate of drug-likeness (QED) is 0.861. The van der Waals surface area contributed by atoms with Gasteiger partial charge in [0, 0.05) is 6.04 Å².